The van der Waals surface area contributed by atoms with Gasteiger partial charge >= 0.3 is 5.97 Å². The number of carbonyl (C=O) groups is 3. The number of hydrogen-bond acceptors (Lipinski definition) is 6. The third-order valence-corrected chi connectivity index (χ3v) is 4.65. The number of imide groups is 1. The molecule has 0 radical (unpaired) electrons. The molecule has 0 bridgehead atoms. The van der Waals surface area contributed by atoms with E-state index in [4.69, 9.17) is 4.42 Å². The van der Waals surface area contributed by atoms with Gasteiger partial charge in [-0.25, -0.2) is 9.18 Å². The van der Waals surface area contributed by atoms with E-state index in [1.165, 1.54) is 32.2 Å². The third-order valence-electron chi connectivity index (χ3n) is 3.76. The number of esters is 1. The Labute approximate surface area is 152 Å². The van der Waals surface area contributed by atoms with E-state index in [1.807, 2.05) is 0 Å². The number of amides is 2. The Kier molecular flexibility index (Phi) is 4.94. The van der Waals surface area contributed by atoms with Crippen molar-refractivity contribution in [1.29, 1.82) is 0 Å². The van der Waals surface area contributed by atoms with Crippen molar-refractivity contribution < 1.29 is 27.9 Å². The van der Waals surface area contributed by atoms with Crippen molar-refractivity contribution in [3.63, 3.8) is 0 Å². The van der Waals surface area contributed by atoms with Crippen LogP contribution in [0.25, 0.3) is 17.4 Å². The molecule has 0 unspecified atom stereocenters. The first-order valence-corrected chi connectivity index (χ1v) is 8.43. The van der Waals surface area contributed by atoms with Crippen molar-refractivity contribution in [1.82, 2.24) is 4.90 Å². The molecule has 1 fully saturated rings. The van der Waals surface area contributed by atoms with Gasteiger partial charge in [-0.05, 0) is 43.0 Å². The van der Waals surface area contributed by atoms with E-state index in [9.17, 15) is 18.8 Å². The molecule has 134 valence electrons. The van der Waals surface area contributed by atoms with Crippen LogP contribution in [0.2, 0.25) is 0 Å². The number of carbonyl (C=O) groups excluding carboxylic acids is 3. The fourth-order valence-corrected chi connectivity index (χ4v) is 3.33. The molecule has 2 aromatic rings. The van der Waals surface area contributed by atoms with Crippen LogP contribution in [-0.4, -0.2) is 35.2 Å². The number of methoxy groups -OCH3 is 1. The molecule has 0 N–H and O–H groups in total. The topological polar surface area (TPSA) is 76.8 Å². The summed E-state index contributed by atoms with van der Waals surface area (Å²) in [7, 11) is 1.19. The summed E-state index contributed by atoms with van der Waals surface area (Å²) in [6, 6.07) is 8.14. The lowest BCUT2D eigenvalue weighted by atomic mass is 10.2. The molecule has 1 aliphatic heterocycles. The predicted molar refractivity (Wildman–Crippen MR) is 93.4 cm³/mol. The first kappa shape index (κ1) is 17.9. The van der Waals surface area contributed by atoms with Crippen LogP contribution in [0.1, 0.15) is 12.7 Å². The van der Waals surface area contributed by atoms with Gasteiger partial charge in [-0.1, -0.05) is 12.1 Å². The zero-order valence-corrected chi connectivity index (χ0v) is 14.7. The van der Waals surface area contributed by atoms with E-state index < -0.39 is 29.0 Å². The van der Waals surface area contributed by atoms with Crippen LogP contribution in [0.5, 0.6) is 0 Å². The fraction of sp³-hybridized carbons (Fsp3) is 0.167. The highest BCUT2D eigenvalue weighted by Crippen LogP contribution is 2.34. The van der Waals surface area contributed by atoms with Crippen molar-refractivity contribution in [2.24, 2.45) is 0 Å². The standard InChI is InChI=1S/C18H14FNO5S/c1-10(17(22)24-2)20-16(21)15(26-18(20)23)9-13-6-7-14(25-13)11-4-3-5-12(19)8-11/h3-10H,1-2H3/b15-9+/t10-/m0/s1. The Morgan fingerprint density at radius 1 is 1.31 bits per heavy atom. The van der Waals surface area contributed by atoms with Gasteiger partial charge in [0.2, 0.25) is 0 Å². The molecule has 3 rings (SSSR count). The second-order valence-corrected chi connectivity index (χ2v) is 6.46. The number of hydrogen-bond donors (Lipinski definition) is 0. The van der Waals surface area contributed by atoms with Gasteiger partial charge in [0.25, 0.3) is 11.1 Å². The monoisotopic (exact) mass is 375 g/mol. The van der Waals surface area contributed by atoms with Gasteiger partial charge in [-0.15, -0.1) is 0 Å². The number of nitrogens with zero attached hydrogens (tertiary/aromatic N) is 1. The highest BCUT2D eigenvalue weighted by Gasteiger charge is 2.41. The van der Waals surface area contributed by atoms with Gasteiger partial charge in [0, 0.05) is 11.6 Å². The normalized spacial score (nSPS) is 17.0. The second-order valence-electron chi connectivity index (χ2n) is 5.46. The second kappa shape index (κ2) is 7.17. The van der Waals surface area contributed by atoms with Crippen molar-refractivity contribution in [3.8, 4) is 11.3 Å². The van der Waals surface area contributed by atoms with E-state index >= 15 is 0 Å². The largest absolute Gasteiger partial charge is 0.467 e. The zero-order valence-electron chi connectivity index (χ0n) is 13.9. The van der Waals surface area contributed by atoms with Gasteiger partial charge in [0.05, 0.1) is 12.0 Å². The Morgan fingerprint density at radius 3 is 2.77 bits per heavy atom. The molecule has 2 heterocycles. The van der Waals surface area contributed by atoms with Crippen LogP contribution in [-0.2, 0) is 14.3 Å². The lowest BCUT2D eigenvalue weighted by Crippen LogP contribution is -2.42. The maximum absolute atomic E-state index is 13.3. The van der Waals surface area contributed by atoms with E-state index in [-0.39, 0.29) is 4.91 Å². The van der Waals surface area contributed by atoms with Crippen LogP contribution in [0.15, 0.2) is 45.7 Å². The summed E-state index contributed by atoms with van der Waals surface area (Å²) >= 11 is 0.711. The molecule has 0 aliphatic carbocycles. The quantitative estimate of drug-likeness (QED) is 0.599. The van der Waals surface area contributed by atoms with Gasteiger partial charge in [-0.2, -0.15) is 0 Å². The number of rotatable bonds is 4. The van der Waals surface area contributed by atoms with Crippen LogP contribution in [0.4, 0.5) is 9.18 Å². The smallest absolute Gasteiger partial charge is 0.328 e. The van der Waals surface area contributed by atoms with Gasteiger partial charge < -0.3 is 9.15 Å². The summed E-state index contributed by atoms with van der Waals surface area (Å²) in [5, 5.41) is -0.559. The number of furan rings is 1. The van der Waals surface area contributed by atoms with E-state index in [0.29, 0.717) is 28.8 Å². The average molecular weight is 375 g/mol. The van der Waals surface area contributed by atoms with Crippen LogP contribution >= 0.6 is 11.8 Å². The minimum absolute atomic E-state index is 0.130. The molecule has 0 saturated carbocycles. The molecule has 1 aromatic heterocycles. The molecule has 6 nitrogen and oxygen atoms in total. The summed E-state index contributed by atoms with van der Waals surface area (Å²) < 4.78 is 23.5. The molecule has 1 aromatic carbocycles. The Hall–Kier alpha value is -2.87. The van der Waals surface area contributed by atoms with Crippen LogP contribution in [0.3, 0.4) is 0 Å². The average Bonchev–Trinajstić information content (AvgIpc) is 3.19. The highest BCUT2D eigenvalue weighted by atomic mass is 32.2. The number of halogens is 1. The summed E-state index contributed by atoms with van der Waals surface area (Å²) in [5.74, 6) is -0.904. The molecular formula is C18H14FNO5S. The summed E-state index contributed by atoms with van der Waals surface area (Å²) in [4.78, 5) is 37.1. The van der Waals surface area contributed by atoms with Gasteiger partial charge in [0.1, 0.15) is 23.4 Å². The van der Waals surface area contributed by atoms with E-state index in [0.717, 1.165) is 4.90 Å². The molecule has 1 atom stereocenters. The SMILES string of the molecule is COC(=O)[C@H](C)N1C(=O)S/C(=C/c2ccc(-c3cccc(F)c3)o2)C1=O. The molecular weight excluding hydrogens is 361 g/mol. The van der Waals surface area contributed by atoms with Crippen molar-refractivity contribution in [3.05, 3.63) is 52.9 Å². The lowest BCUT2D eigenvalue weighted by Gasteiger charge is -2.18. The molecule has 2 amide bonds. The highest BCUT2D eigenvalue weighted by molar-refractivity contribution is 8.18. The molecule has 8 heteroatoms. The molecule has 0 spiro atoms. The number of ether oxygens (including phenoxy) is 1. The van der Waals surface area contributed by atoms with Crippen LogP contribution < -0.4 is 0 Å². The first-order valence-electron chi connectivity index (χ1n) is 7.61. The summed E-state index contributed by atoms with van der Waals surface area (Å²) in [6.45, 7) is 1.42. The van der Waals surface area contributed by atoms with Crippen LogP contribution in [0, 0.1) is 5.82 Å². The van der Waals surface area contributed by atoms with Gasteiger partial charge in [-0.3, -0.25) is 14.5 Å². The molecule has 1 aliphatic rings. The fourth-order valence-electron chi connectivity index (χ4n) is 2.45. The number of thioether (sulfide) groups is 1. The van der Waals surface area contributed by atoms with E-state index in [2.05, 4.69) is 4.74 Å². The maximum atomic E-state index is 13.3. The lowest BCUT2D eigenvalue weighted by molar-refractivity contribution is -0.148. The summed E-state index contributed by atoms with van der Waals surface area (Å²) in [6.07, 6.45) is 1.41. The zero-order chi connectivity index (χ0) is 18.8. The Balaban J connectivity index is 1.84. The molecule has 1 saturated heterocycles. The maximum Gasteiger partial charge on any atom is 0.328 e. The minimum atomic E-state index is -1.02. The minimum Gasteiger partial charge on any atom is -0.467 e. The van der Waals surface area contributed by atoms with Crippen molar-refractivity contribution in [2.75, 3.05) is 7.11 Å². The third kappa shape index (κ3) is 3.41. The van der Waals surface area contributed by atoms with E-state index in [1.54, 1.807) is 24.3 Å². The first-order chi connectivity index (χ1) is 12.4. The van der Waals surface area contributed by atoms with Gasteiger partial charge in [0.15, 0.2) is 0 Å². The van der Waals surface area contributed by atoms with Crippen molar-refractivity contribution >= 4 is 35.0 Å². The Morgan fingerprint density at radius 2 is 2.08 bits per heavy atom. The van der Waals surface area contributed by atoms with Crippen molar-refractivity contribution in [2.45, 2.75) is 13.0 Å². The predicted octanol–water partition coefficient (Wildman–Crippen LogP) is 3.68. The molecule has 26 heavy (non-hydrogen) atoms. The summed E-state index contributed by atoms with van der Waals surface area (Å²) in [5.41, 5.74) is 0.553. The Bertz CT molecular complexity index is 920. The number of benzene rings is 1.